The van der Waals surface area contributed by atoms with Gasteiger partial charge in [0, 0.05) is 18.2 Å². The minimum atomic E-state index is -4.01. The van der Waals surface area contributed by atoms with Crippen molar-refractivity contribution in [2.45, 2.75) is 17.9 Å². The third-order valence-electron chi connectivity index (χ3n) is 2.28. The SMILES string of the molecule is COc1ccc([N+](=O)[O-])cc1S(=O)(=O)N[C@H](C)CO. The number of aliphatic hydroxyl groups excluding tert-OH is 1. The fourth-order valence-electron chi connectivity index (χ4n) is 1.35. The van der Waals surface area contributed by atoms with Crippen molar-refractivity contribution in [2.24, 2.45) is 0 Å². The molecule has 19 heavy (non-hydrogen) atoms. The Hall–Kier alpha value is -1.71. The number of sulfonamides is 1. The van der Waals surface area contributed by atoms with Gasteiger partial charge in [-0.25, -0.2) is 13.1 Å². The van der Waals surface area contributed by atoms with Crippen molar-refractivity contribution < 1.29 is 23.2 Å². The van der Waals surface area contributed by atoms with Gasteiger partial charge < -0.3 is 9.84 Å². The predicted octanol–water partition coefficient (Wildman–Crippen LogP) is 0.262. The maximum Gasteiger partial charge on any atom is 0.271 e. The zero-order valence-electron chi connectivity index (χ0n) is 10.4. The first-order valence-corrected chi connectivity index (χ1v) is 6.75. The number of nitro groups is 1. The molecule has 2 N–H and O–H groups in total. The second kappa shape index (κ2) is 5.95. The van der Waals surface area contributed by atoms with Crippen LogP contribution in [0, 0.1) is 10.1 Å². The number of benzene rings is 1. The van der Waals surface area contributed by atoms with Gasteiger partial charge in [-0.3, -0.25) is 10.1 Å². The molecule has 0 fully saturated rings. The van der Waals surface area contributed by atoms with E-state index in [1.54, 1.807) is 0 Å². The van der Waals surface area contributed by atoms with Gasteiger partial charge in [-0.2, -0.15) is 0 Å². The Balaban J connectivity index is 3.30. The lowest BCUT2D eigenvalue weighted by Gasteiger charge is -2.13. The molecule has 0 aliphatic heterocycles. The minimum Gasteiger partial charge on any atom is -0.495 e. The van der Waals surface area contributed by atoms with E-state index in [4.69, 9.17) is 9.84 Å². The summed E-state index contributed by atoms with van der Waals surface area (Å²) in [5.41, 5.74) is -0.363. The molecule has 0 aliphatic rings. The largest absolute Gasteiger partial charge is 0.495 e. The van der Waals surface area contributed by atoms with E-state index in [0.717, 1.165) is 12.1 Å². The van der Waals surface area contributed by atoms with Crippen LogP contribution in [0.3, 0.4) is 0 Å². The Bertz CT molecular complexity index is 571. The maximum absolute atomic E-state index is 12.0. The van der Waals surface area contributed by atoms with E-state index >= 15 is 0 Å². The topological polar surface area (TPSA) is 119 Å². The lowest BCUT2D eigenvalue weighted by Crippen LogP contribution is -2.35. The molecule has 0 radical (unpaired) electrons. The Morgan fingerprint density at radius 1 is 1.53 bits per heavy atom. The normalized spacial score (nSPS) is 13.0. The fraction of sp³-hybridized carbons (Fsp3) is 0.400. The Morgan fingerprint density at radius 2 is 2.16 bits per heavy atom. The molecule has 0 heterocycles. The molecule has 8 nitrogen and oxygen atoms in total. The second-order valence-corrected chi connectivity index (χ2v) is 5.48. The van der Waals surface area contributed by atoms with Gasteiger partial charge >= 0.3 is 0 Å². The standard InChI is InChI=1S/C10H14N2O6S/c1-7(6-13)11-19(16,17)10-5-8(12(14)15)3-4-9(10)18-2/h3-5,7,11,13H,6H2,1-2H3/t7-/m1/s1. The first kappa shape index (κ1) is 15.3. The van der Waals surface area contributed by atoms with E-state index < -0.39 is 27.6 Å². The number of non-ortho nitro benzene ring substituents is 1. The Morgan fingerprint density at radius 3 is 2.63 bits per heavy atom. The van der Waals surface area contributed by atoms with E-state index in [1.165, 1.54) is 20.1 Å². The van der Waals surface area contributed by atoms with Crippen LogP contribution < -0.4 is 9.46 Å². The van der Waals surface area contributed by atoms with Crippen molar-refractivity contribution in [3.63, 3.8) is 0 Å². The Kier molecular flexibility index (Phi) is 4.81. The molecule has 0 spiro atoms. The van der Waals surface area contributed by atoms with Crippen molar-refractivity contribution in [2.75, 3.05) is 13.7 Å². The van der Waals surface area contributed by atoms with E-state index in [2.05, 4.69) is 4.72 Å². The van der Waals surface area contributed by atoms with Crippen molar-refractivity contribution in [3.8, 4) is 5.75 Å². The number of aliphatic hydroxyl groups is 1. The molecule has 1 aromatic carbocycles. The summed E-state index contributed by atoms with van der Waals surface area (Å²) in [4.78, 5) is 9.62. The molecule has 1 rings (SSSR count). The third kappa shape index (κ3) is 3.63. The van der Waals surface area contributed by atoms with Gasteiger partial charge in [0.25, 0.3) is 5.69 Å². The molecule has 9 heteroatoms. The monoisotopic (exact) mass is 290 g/mol. The average Bonchev–Trinajstić information content (AvgIpc) is 2.37. The molecule has 0 bridgehead atoms. The summed E-state index contributed by atoms with van der Waals surface area (Å²) in [6.45, 7) is 1.07. The molecule has 0 saturated carbocycles. The summed E-state index contributed by atoms with van der Waals surface area (Å²) < 4.78 is 31.1. The van der Waals surface area contributed by atoms with E-state index in [0.29, 0.717) is 0 Å². The highest BCUT2D eigenvalue weighted by atomic mass is 32.2. The van der Waals surface area contributed by atoms with Crippen LogP contribution in [0.5, 0.6) is 5.75 Å². The molecule has 0 aliphatic carbocycles. The van der Waals surface area contributed by atoms with E-state index in [9.17, 15) is 18.5 Å². The summed E-state index contributed by atoms with van der Waals surface area (Å²) in [6, 6.07) is 2.54. The van der Waals surface area contributed by atoms with Crippen LogP contribution in [-0.2, 0) is 10.0 Å². The first-order valence-electron chi connectivity index (χ1n) is 5.27. The van der Waals surface area contributed by atoms with Crippen LogP contribution in [0.1, 0.15) is 6.92 Å². The predicted molar refractivity (Wildman–Crippen MR) is 66.5 cm³/mol. The highest BCUT2D eigenvalue weighted by Gasteiger charge is 2.24. The average molecular weight is 290 g/mol. The number of hydrogen-bond acceptors (Lipinski definition) is 6. The van der Waals surface area contributed by atoms with Crippen LogP contribution >= 0.6 is 0 Å². The number of nitrogens with one attached hydrogen (secondary N) is 1. The molecular formula is C10H14N2O6S. The van der Waals surface area contributed by atoms with Crippen molar-refractivity contribution in [1.82, 2.24) is 4.72 Å². The molecule has 1 aromatic rings. The zero-order chi connectivity index (χ0) is 14.6. The molecule has 0 unspecified atom stereocenters. The fourth-order valence-corrected chi connectivity index (χ4v) is 2.78. The van der Waals surface area contributed by atoms with Gasteiger partial charge in [0.05, 0.1) is 18.6 Å². The summed E-state index contributed by atoms with van der Waals surface area (Å²) in [7, 11) is -2.75. The van der Waals surface area contributed by atoms with Gasteiger partial charge in [0.15, 0.2) is 0 Å². The van der Waals surface area contributed by atoms with Crippen molar-refractivity contribution in [1.29, 1.82) is 0 Å². The summed E-state index contributed by atoms with van der Waals surface area (Å²) in [5.74, 6) is -0.0109. The number of ether oxygens (including phenoxy) is 1. The highest BCUT2D eigenvalue weighted by Crippen LogP contribution is 2.28. The van der Waals surface area contributed by atoms with Gasteiger partial charge in [-0.15, -0.1) is 0 Å². The lowest BCUT2D eigenvalue weighted by atomic mass is 10.3. The lowest BCUT2D eigenvalue weighted by molar-refractivity contribution is -0.385. The van der Waals surface area contributed by atoms with E-state index in [1.807, 2.05) is 0 Å². The summed E-state index contributed by atoms with van der Waals surface area (Å²) >= 11 is 0. The van der Waals surface area contributed by atoms with E-state index in [-0.39, 0.29) is 16.3 Å². The third-order valence-corrected chi connectivity index (χ3v) is 3.89. The van der Waals surface area contributed by atoms with Gasteiger partial charge in [0.2, 0.25) is 10.0 Å². The molecule has 0 aromatic heterocycles. The highest BCUT2D eigenvalue weighted by molar-refractivity contribution is 7.89. The van der Waals surface area contributed by atoms with Gasteiger partial charge in [-0.1, -0.05) is 0 Å². The first-order chi connectivity index (χ1) is 8.81. The van der Waals surface area contributed by atoms with Crippen LogP contribution in [-0.4, -0.2) is 38.2 Å². The molecular weight excluding hydrogens is 276 g/mol. The van der Waals surface area contributed by atoms with Gasteiger partial charge in [0.1, 0.15) is 10.6 Å². The molecule has 1 atom stereocenters. The zero-order valence-corrected chi connectivity index (χ0v) is 11.2. The number of nitro benzene ring substituents is 1. The number of methoxy groups -OCH3 is 1. The van der Waals surface area contributed by atoms with Gasteiger partial charge in [-0.05, 0) is 13.0 Å². The molecule has 0 saturated heterocycles. The minimum absolute atomic E-state index is 0.0109. The van der Waals surface area contributed by atoms with Crippen LogP contribution in [0.25, 0.3) is 0 Å². The van der Waals surface area contributed by atoms with Crippen molar-refractivity contribution >= 4 is 15.7 Å². The quantitative estimate of drug-likeness (QED) is 0.573. The summed E-state index contributed by atoms with van der Waals surface area (Å²) in [6.07, 6.45) is 0. The Labute approximate surface area is 110 Å². The smallest absolute Gasteiger partial charge is 0.271 e. The summed E-state index contributed by atoms with van der Waals surface area (Å²) in [5, 5.41) is 19.5. The van der Waals surface area contributed by atoms with Crippen LogP contribution in [0.15, 0.2) is 23.1 Å². The number of rotatable bonds is 6. The number of hydrogen-bond donors (Lipinski definition) is 2. The van der Waals surface area contributed by atoms with Crippen LogP contribution in [0.2, 0.25) is 0 Å². The molecule has 106 valence electrons. The number of nitrogens with zero attached hydrogens (tertiary/aromatic N) is 1. The van der Waals surface area contributed by atoms with Crippen LogP contribution in [0.4, 0.5) is 5.69 Å². The molecule has 0 amide bonds. The van der Waals surface area contributed by atoms with Crippen molar-refractivity contribution in [3.05, 3.63) is 28.3 Å². The second-order valence-electron chi connectivity index (χ2n) is 3.80. The maximum atomic E-state index is 12.0.